The minimum Gasteiger partial charge on any atom is -0.389 e. The zero-order valence-corrected chi connectivity index (χ0v) is 21.6. The van der Waals surface area contributed by atoms with Crippen LogP contribution in [0.4, 0.5) is 4.39 Å². The van der Waals surface area contributed by atoms with E-state index in [1.165, 1.54) is 11.0 Å². The molecule has 3 N–H and O–H groups in total. The van der Waals surface area contributed by atoms with E-state index in [9.17, 15) is 28.7 Å². The molecule has 2 amide bonds. The molecule has 1 aromatic carbocycles. The van der Waals surface area contributed by atoms with Crippen molar-refractivity contribution in [2.75, 3.05) is 13.2 Å². The fourth-order valence-corrected chi connectivity index (χ4v) is 6.82. The van der Waals surface area contributed by atoms with E-state index < -0.39 is 42.1 Å². The summed E-state index contributed by atoms with van der Waals surface area (Å²) in [6, 6.07) is 0.758. The van der Waals surface area contributed by atoms with Crippen LogP contribution in [0.5, 0.6) is 0 Å². The number of hydrogen-bond acceptors (Lipinski definition) is 5. The third kappa shape index (κ3) is 4.77. The number of Topliss-reactive ketones (excluding diaryl/α,β-unsaturated/α-hetero) is 2. The number of amides is 2. The Kier molecular flexibility index (Phi) is 7.31. The molecule has 1 aliphatic heterocycles. The molecule has 198 valence electrons. The Morgan fingerprint density at radius 2 is 1.97 bits per heavy atom. The highest BCUT2D eigenvalue weighted by Crippen LogP contribution is 2.43. The highest BCUT2D eigenvalue weighted by molar-refractivity contribution is 6.40. The van der Waals surface area contributed by atoms with Gasteiger partial charge >= 0.3 is 0 Å². The molecule has 2 heterocycles. The van der Waals surface area contributed by atoms with E-state index in [0.29, 0.717) is 24.8 Å². The molecule has 37 heavy (non-hydrogen) atoms. The molecule has 0 unspecified atom stereocenters. The number of ketones is 2. The molecule has 1 aromatic heterocycles. The Morgan fingerprint density at radius 1 is 1.19 bits per heavy atom. The molecule has 5 atom stereocenters. The fraction of sp³-hybridized carbons (Fsp3) is 0.538. The van der Waals surface area contributed by atoms with Crippen molar-refractivity contribution in [3.05, 3.63) is 33.7 Å². The number of aromatic amines is 1. The number of carbonyl (C=O) groups is 4. The number of nitrogens with zero attached hydrogens (tertiary/aromatic N) is 1. The third-order valence-electron chi connectivity index (χ3n) is 8.22. The van der Waals surface area contributed by atoms with Crippen molar-refractivity contribution in [2.45, 2.75) is 57.0 Å². The smallest absolute Gasteiger partial charge is 0.271 e. The number of aromatic nitrogens is 1. The summed E-state index contributed by atoms with van der Waals surface area (Å²) in [5, 5.41) is 12.6. The molecule has 3 aliphatic rings. The minimum atomic E-state index is -1.00. The number of benzene rings is 1. The number of halogens is 3. The first-order valence-corrected chi connectivity index (χ1v) is 13.4. The van der Waals surface area contributed by atoms with E-state index in [1.54, 1.807) is 0 Å². The largest absolute Gasteiger partial charge is 0.389 e. The Balaban J connectivity index is 1.41. The zero-order chi connectivity index (χ0) is 26.4. The second-order valence-electron chi connectivity index (χ2n) is 10.4. The lowest BCUT2D eigenvalue weighted by molar-refractivity contribution is -0.133. The number of rotatable bonds is 7. The van der Waals surface area contributed by atoms with Gasteiger partial charge in [0, 0.05) is 24.3 Å². The van der Waals surface area contributed by atoms with Crippen LogP contribution >= 0.6 is 23.2 Å². The molecule has 0 radical (unpaired) electrons. The van der Waals surface area contributed by atoms with Crippen LogP contribution in [-0.4, -0.2) is 63.6 Å². The van der Waals surface area contributed by atoms with Gasteiger partial charge in [0.05, 0.1) is 16.6 Å². The van der Waals surface area contributed by atoms with Gasteiger partial charge < -0.3 is 20.3 Å². The number of nitrogens with one attached hydrogen (secondary N) is 2. The van der Waals surface area contributed by atoms with E-state index in [-0.39, 0.29) is 51.2 Å². The van der Waals surface area contributed by atoms with E-state index in [0.717, 1.165) is 31.7 Å². The first-order chi connectivity index (χ1) is 17.7. The van der Waals surface area contributed by atoms with E-state index in [1.807, 2.05) is 0 Å². The number of likely N-dealkylation sites (tertiary alicyclic amines) is 1. The maximum Gasteiger partial charge on any atom is 0.271 e. The van der Waals surface area contributed by atoms with Gasteiger partial charge in [-0.3, -0.25) is 19.2 Å². The minimum absolute atomic E-state index is 0.0612. The Labute approximate surface area is 222 Å². The molecule has 11 heteroatoms. The summed E-state index contributed by atoms with van der Waals surface area (Å²) >= 11 is 12.2. The molecule has 1 saturated heterocycles. The van der Waals surface area contributed by atoms with E-state index in [2.05, 4.69) is 10.3 Å². The van der Waals surface area contributed by atoms with Gasteiger partial charge in [-0.25, -0.2) is 4.39 Å². The van der Waals surface area contributed by atoms with Gasteiger partial charge in [-0.2, -0.15) is 0 Å². The summed E-state index contributed by atoms with van der Waals surface area (Å²) in [6.07, 6.45) is 4.57. The first-order valence-electron chi connectivity index (χ1n) is 12.6. The third-order valence-corrected chi connectivity index (χ3v) is 8.90. The predicted octanol–water partition coefficient (Wildman–Crippen LogP) is 3.66. The second kappa shape index (κ2) is 10.3. The molecule has 3 fully saturated rings. The standard InChI is InChI=1S/C26H28Cl2FN3O5/c27-16-9-17(29)22(28)23-15(16)8-19(30-23)26(37)32-10-13-4-1-5-14(13)24(32)25(36)31-18(21(35)11-33)7-12-3-2-6-20(12)34/h8-9,12-14,18,24,30,33H,1-7,10-11H2,(H,31,36)/t12-,13-,14-,18-,24-/m0/s1. The molecule has 0 spiro atoms. The molecule has 5 rings (SSSR count). The lowest BCUT2D eigenvalue weighted by atomic mass is 9.91. The van der Waals surface area contributed by atoms with Gasteiger partial charge in [-0.15, -0.1) is 0 Å². The summed E-state index contributed by atoms with van der Waals surface area (Å²) in [5.74, 6) is -2.41. The fourth-order valence-electron chi connectivity index (χ4n) is 6.37. The number of carbonyl (C=O) groups excluding carboxylic acids is 4. The summed E-state index contributed by atoms with van der Waals surface area (Å²) in [6.45, 7) is -0.384. The predicted molar refractivity (Wildman–Crippen MR) is 135 cm³/mol. The summed E-state index contributed by atoms with van der Waals surface area (Å²) in [7, 11) is 0. The molecular formula is C26H28Cl2FN3O5. The average Bonchev–Trinajstić information content (AvgIpc) is 3.65. The van der Waals surface area contributed by atoms with E-state index in [4.69, 9.17) is 23.2 Å². The van der Waals surface area contributed by atoms with Gasteiger partial charge in [0.1, 0.15) is 35.0 Å². The van der Waals surface area contributed by atoms with Gasteiger partial charge in [-0.1, -0.05) is 29.6 Å². The normalized spacial score (nSPS) is 26.1. The molecule has 2 aromatic rings. The van der Waals surface area contributed by atoms with Crippen molar-refractivity contribution >= 4 is 57.5 Å². The SMILES string of the molecule is O=C1CCC[C@H]1C[C@H](NC(=O)[C@@H]1[C@H]2CCC[C@H]2CN1C(=O)c1cc2c(Cl)cc(F)c(Cl)c2[nH]1)C(=O)CO. The summed E-state index contributed by atoms with van der Waals surface area (Å²) in [4.78, 5) is 56.3. The van der Waals surface area contributed by atoms with Crippen LogP contribution in [0.1, 0.15) is 55.4 Å². The summed E-state index contributed by atoms with van der Waals surface area (Å²) in [5.41, 5.74) is 0.326. The lowest BCUT2D eigenvalue weighted by Crippen LogP contribution is -2.53. The topological polar surface area (TPSA) is 120 Å². The van der Waals surface area contributed by atoms with Crippen LogP contribution < -0.4 is 5.32 Å². The number of fused-ring (bicyclic) bond motifs is 2. The van der Waals surface area contributed by atoms with Crippen LogP contribution in [0, 0.1) is 23.6 Å². The van der Waals surface area contributed by atoms with E-state index >= 15 is 0 Å². The van der Waals surface area contributed by atoms with Crippen molar-refractivity contribution in [2.24, 2.45) is 17.8 Å². The Bertz CT molecular complexity index is 1280. The monoisotopic (exact) mass is 551 g/mol. The molecule has 8 nitrogen and oxygen atoms in total. The van der Waals surface area contributed by atoms with Crippen LogP contribution in [-0.2, 0) is 14.4 Å². The number of hydrogen-bond donors (Lipinski definition) is 3. The summed E-state index contributed by atoms with van der Waals surface area (Å²) < 4.78 is 14.1. The van der Waals surface area contributed by atoms with Crippen LogP contribution in [0.2, 0.25) is 10.0 Å². The first kappa shape index (κ1) is 26.1. The van der Waals surface area contributed by atoms with Crippen molar-refractivity contribution in [3.8, 4) is 0 Å². The van der Waals surface area contributed by atoms with Crippen molar-refractivity contribution in [1.29, 1.82) is 0 Å². The maximum atomic E-state index is 14.1. The van der Waals surface area contributed by atoms with Gasteiger partial charge in [0.2, 0.25) is 5.91 Å². The van der Waals surface area contributed by atoms with Crippen molar-refractivity contribution in [1.82, 2.24) is 15.2 Å². The van der Waals surface area contributed by atoms with Gasteiger partial charge in [0.15, 0.2) is 5.78 Å². The molecule has 2 aliphatic carbocycles. The molecule has 2 saturated carbocycles. The van der Waals surface area contributed by atoms with Gasteiger partial charge in [-0.05, 0) is 56.1 Å². The second-order valence-corrected chi connectivity index (χ2v) is 11.1. The lowest BCUT2D eigenvalue weighted by Gasteiger charge is -2.29. The zero-order valence-electron chi connectivity index (χ0n) is 20.1. The van der Waals surface area contributed by atoms with Crippen molar-refractivity contribution < 1.29 is 28.7 Å². The Morgan fingerprint density at radius 3 is 2.68 bits per heavy atom. The number of H-pyrrole nitrogens is 1. The Hall–Kier alpha value is -2.49. The van der Waals surface area contributed by atoms with Gasteiger partial charge in [0.25, 0.3) is 5.91 Å². The number of aliphatic hydroxyl groups is 1. The quantitative estimate of drug-likeness (QED) is 0.453. The van der Waals surface area contributed by atoms with Crippen LogP contribution in [0.3, 0.4) is 0 Å². The molecule has 0 bridgehead atoms. The number of aliphatic hydroxyl groups excluding tert-OH is 1. The highest BCUT2D eigenvalue weighted by atomic mass is 35.5. The maximum absolute atomic E-state index is 14.1. The van der Waals surface area contributed by atoms with Crippen LogP contribution in [0.15, 0.2) is 12.1 Å². The highest BCUT2D eigenvalue weighted by Gasteiger charge is 2.50. The van der Waals surface area contributed by atoms with Crippen LogP contribution in [0.25, 0.3) is 10.9 Å². The van der Waals surface area contributed by atoms with Crippen molar-refractivity contribution in [3.63, 3.8) is 0 Å². The average molecular weight is 552 g/mol. The molecular weight excluding hydrogens is 524 g/mol.